The largest absolute Gasteiger partial charge is 0.466 e. The van der Waals surface area contributed by atoms with Gasteiger partial charge in [-0.05, 0) is 70.3 Å². The topological polar surface area (TPSA) is 70.6 Å². The van der Waals surface area contributed by atoms with E-state index in [9.17, 15) is 22.4 Å². The van der Waals surface area contributed by atoms with Crippen LogP contribution in [0.4, 0.5) is 28.0 Å². The van der Waals surface area contributed by atoms with Gasteiger partial charge < -0.3 is 10.1 Å². The zero-order valence-electron chi connectivity index (χ0n) is 20.2. The molecule has 2 saturated carbocycles. The van der Waals surface area contributed by atoms with Gasteiger partial charge in [0.1, 0.15) is 17.3 Å². The molecule has 0 radical (unpaired) electrons. The molecule has 2 aliphatic carbocycles. The number of amides is 2. The van der Waals surface area contributed by atoms with Crippen molar-refractivity contribution in [3.63, 3.8) is 0 Å². The van der Waals surface area contributed by atoms with Crippen molar-refractivity contribution in [1.29, 1.82) is 0 Å². The number of halogens is 4. The van der Waals surface area contributed by atoms with Crippen LogP contribution in [0, 0.1) is 5.82 Å². The minimum Gasteiger partial charge on any atom is -0.466 e. The number of nitrogens with zero attached hydrogens (tertiary/aromatic N) is 4. The van der Waals surface area contributed by atoms with Gasteiger partial charge in [0.05, 0.1) is 18.3 Å². The molecule has 1 spiro atoms. The van der Waals surface area contributed by atoms with Crippen LogP contribution in [-0.2, 0) is 5.54 Å². The van der Waals surface area contributed by atoms with Gasteiger partial charge in [-0.2, -0.15) is 18.2 Å². The molecule has 11 heteroatoms. The summed E-state index contributed by atoms with van der Waals surface area (Å²) in [6.45, 7) is -1.24. The lowest BCUT2D eigenvalue weighted by Gasteiger charge is -2.48. The second-order valence-electron chi connectivity index (χ2n) is 10.3. The highest BCUT2D eigenvalue weighted by molar-refractivity contribution is 5.96. The maximum Gasteiger partial charge on any atom is 0.422 e. The van der Waals surface area contributed by atoms with E-state index in [1.165, 1.54) is 17.2 Å². The van der Waals surface area contributed by atoms with E-state index in [4.69, 9.17) is 4.74 Å². The van der Waals surface area contributed by atoms with Crippen LogP contribution in [0.2, 0.25) is 0 Å². The van der Waals surface area contributed by atoms with Crippen molar-refractivity contribution in [1.82, 2.24) is 20.2 Å². The smallest absolute Gasteiger partial charge is 0.422 e. The van der Waals surface area contributed by atoms with Gasteiger partial charge in [0, 0.05) is 11.5 Å². The van der Waals surface area contributed by atoms with Gasteiger partial charge in [-0.25, -0.2) is 14.2 Å². The van der Waals surface area contributed by atoms with E-state index in [0.717, 1.165) is 18.4 Å². The number of urea groups is 1. The molecule has 3 fully saturated rings. The van der Waals surface area contributed by atoms with E-state index in [2.05, 4.69) is 20.2 Å². The second-order valence-corrected chi connectivity index (χ2v) is 10.3. The number of hydrogen-bond acceptors (Lipinski definition) is 5. The van der Waals surface area contributed by atoms with E-state index in [0.29, 0.717) is 31.5 Å². The summed E-state index contributed by atoms with van der Waals surface area (Å²) in [6.07, 6.45) is 1.19. The third-order valence-corrected chi connectivity index (χ3v) is 7.69. The van der Waals surface area contributed by atoms with Gasteiger partial charge in [0.15, 0.2) is 6.61 Å². The lowest BCUT2D eigenvalue weighted by Crippen LogP contribution is -2.54. The van der Waals surface area contributed by atoms with Crippen LogP contribution in [0.25, 0.3) is 0 Å². The maximum atomic E-state index is 14.0. The normalized spacial score (nSPS) is 26.5. The number of rotatable bonds is 6. The Morgan fingerprint density at radius 3 is 2.53 bits per heavy atom. The molecule has 2 aromatic rings. The fraction of sp³-hybridized carbons (Fsp3) is 0.560. The number of carbonyl (C=O) groups excluding carboxylic acids is 1. The summed E-state index contributed by atoms with van der Waals surface area (Å²) in [5.74, 6) is 0.0325. The third kappa shape index (κ3) is 4.72. The highest BCUT2D eigenvalue weighted by Gasteiger charge is 2.51. The van der Waals surface area contributed by atoms with Crippen LogP contribution in [0.15, 0.2) is 30.5 Å². The first-order valence-corrected chi connectivity index (χ1v) is 12.1. The number of nitrogens with one attached hydrogen (secondary N) is 1. The quantitative estimate of drug-likeness (QED) is 0.573. The monoisotopic (exact) mass is 507 g/mol. The molecule has 0 atom stereocenters. The van der Waals surface area contributed by atoms with Gasteiger partial charge in [0.25, 0.3) is 0 Å². The average molecular weight is 508 g/mol. The summed E-state index contributed by atoms with van der Waals surface area (Å²) in [5.41, 5.74) is 0.0602. The number of aromatic nitrogens is 2. The fourth-order valence-corrected chi connectivity index (χ4v) is 5.45. The van der Waals surface area contributed by atoms with Crippen molar-refractivity contribution in [2.24, 2.45) is 0 Å². The zero-order valence-corrected chi connectivity index (χ0v) is 20.2. The molecular formula is C25H29F4N5O2. The van der Waals surface area contributed by atoms with Gasteiger partial charge in [-0.1, -0.05) is 12.1 Å². The first kappa shape index (κ1) is 24.7. The highest BCUT2D eigenvalue weighted by Crippen LogP contribution is 2.47. The number of benzene rings is 1. The molecule has 7 nitrogen and oxygen atoms in total. The van der Waals surface area contributed by atoms with Crippen molar-refractivity contribution in [3.8, 4) is 5.88 Å². The van der Waals surface area contributed by atoms with Crippen LogP contribution in [0.5, 0.6) is 5.88 Å². The Labute approximate surface area is 206 Å². The summed E-state index contributed by atoms with van der Waals surface area (Å²) in [6, 6.07) is 6.18. The third-order valence-electron chi connectivity index (χ3n) is 7.69. The first-order valence-electron chi connectivity index (χ1n) is 12.1. The Morgan fingerprint density at radius 2 is 1.92 bits per heavy atom. The lowest BCUT2D eigenvalue weighted by molar-refractivity contribution is -0.154. The molecule has 1 aromatic heterocycles. The molecule has 1 saturated heterocycles. The highest BCUT2D eigenvalue weighted by atomic mass is 19.4. The van der Waals surface area contributed by atoms with Crippen molar-refractivity contribution in [2.75, 3.05) is 32.1 Å². The van der Waals surface area contributed by atoms with Crippen molar-refractivity contribution >= 4 is 11.7 Å². The molecule has 2 heterocycles. The lowest BCUT2D eigenvalue weighted by atomic mass is 9.69. The summed E-state index contributed by atoms with van der Waals surface area (Å²) in [7, 11) is 3.93. The average Bonchev–Trinajstić information content (AvgIpc) is 3.62. The zero-order chi connectivity index (χ0) is 25.7. The molecule has 1 aromatic carbocycles. The van der Waals surface area contributed by atoms with E-state index >= 15 is 0 Å². The van der Waals surface area contributed by atoms with Crippen molar-refractivity contribution < 1.29 is 27.1 Å². The summed E-state index contributed by atoms with van der Waals surface area (Å²) >= 11 is 0. The Kier molecular flexibility index (Phi) is 6.09. The van der Waals surface area contributed by atoms with Crippen LogP contribution >= 0.6 is 0 Å². The van der Waals surface area contributed by atoms with Gasteiger partial charge in [-0.3, -0.25) is 9.80 Å². The predicted molar refractivity (Wildman–Crippen MR) is 124 cm³/mol. The SMILES string of the molecule is CN(C)C1(c2cccc(F)c2)CCC2(CC1)CN(c1cnc(C3CC3)nc1OCC(F)(F)F)C(=O)N2. The van der Waals surface area contributed by atoms with Gasteiger partial charge >= 0.3 is 12.2 Å². The molecule has 3 aliphatic rings. The molecule has 36 heavy (non-hydrogen) atoms. The molecule has 194 valence electrons. The molecule has 5 rings (SSSR count). The van der Waals surface area contributed by atoms with Crippen LogP contribution < -0.4 is 15.0 Å². The van der Waals surface area contributed by atoms with Crippen LogP contribution in [-0.4, -0.2) is 59.9 Å². The summed E-state index contributed by atoms with van der Waals surface area (Å²) in [4.78, 5) is 25.1. The number of carbonyl (C=O) groups is 1. The second kappa shape index (κ2) is 8.86. The Balaban J connectivity index is 1.38. The summed E-state index contributed by atoms with van der Waals surface area (Å²) < 4.78 is 57.8. The van der Waals surface area contributed by atoms with E-state index in [-0.39, 0.29) is 35.4 Å². The first-order chi connectivity index (χ1) is 17.0. The molecule has 0 unspecified atom stereocenters. The Hall–Kier alpha value is -2.95. The van der Waals surface area contributed by atoms with E-state index in [1.54, 1.807) is 12.1 Å². The van der Waals surface area contributed by atoms with Crippen LogP contribution in [0.3, 0.4) is 0 Å². The number of anilines is 1. The van der Waals surface area contributed by atoms with Crippen molar-refractivity contribution in [2.45, 2.75) is 61.7 Å². The number of ether oxygens (including phenoxy) is 1. The van der Waals surface area contributed by atoms with Gasteiger partial charge in [-0.15, -0.1) is 0 Å². The fourth-order valence-electron chi connectivity index (χ4n) is 5.45. The minimum absolute atomic E-state index is 0.117. The molecule has 0 bridgehead atoms. The number of hydrogen-bond donors (Lipinski definition) is 1. The van der Waals surface area contributed by atoms with Gasteiger partial charge in [0.2, 0.25) is 5.88 Å². The maximum absolute atomic E-state index is 14.0. The van der Waals surface area contributed by atoms with E-state index < -0.39 is 24.4 Å². The number of alkyl halides is 3. The minimum atomic E-state index is -4.54. The summed E-state index contributed by atoms with van der Waals surface area (Å²) in [5, 5.41) is 3.07. The molecule has 2 amide bonds. The van der Waals surface area contributed by atoms with Crippen LogP contribution in [0.1, 0.15) is 55.8 Å². The van der Waals surface area contributed by atoms with Crippen molar-refractivity contribution in [3.05, 3.63) is 47.7 Å². The predicted octanol–water partition coefficient (Wildman–Crippen LogP) is 4.73. The molecule has 1 N–H and O–H groups in total. The Bertz CT molecular complexity index is 1140. The molecular weight excluding hydrogens is 478 g/mol. The standard InChI is InChI=1S/C25H29F4N5O2/c1-33(2)24(17-4-3-5-18(26)12-17)10-8-23(9-11-24)14-34(22(35)32-23)19-13-30-20(16-6-7-16)31-21(19)36-15-25(27,28)29/h3-5,12-13,16H,6-11,14-15H2,1-2H3,(H,32,35). The molecule has 1 aliphatic heterocycles. The van der Waals surface area contributed by atoms with E-state index in [1.807, 2.05) is 20.2 Å². The Morgan fingerprint density at radius 1 is 1.19 bits per heavy atom.